The molecule has 0 bridgehead atoms. The summed E-state index contributed by atoms with van der Waals surface area (Å²) in [6, 6.07) is 13.1. The first-order valence-corrected chi connectivity index (χ1v) is 11.3. The molecule has 0 unspecified atom stereocenters. The van der Waals surface area contributed by atoms with Gasteiger partial charge in [-0.3, -0.25) is 9.97 Å². The predicted octanol–water partition coefficient (Wildman–Crippen LogP) is 3.18. The van der Waals surface area contributed by atoms with Gasteiger partial charge in [-0.1, -0.05) is 19.1 Å². The second-order valence-corrected chi connectivity index (χ2v) is 9.01. The van der Waals surface area contributed by atoms with Crippen molar-refractivity contribution in [2.45, 2.75) is 31.3 Å². The molecule has 8 nitrogen and oxygen atoms in total. The minimum Gasteiger partial charge on any atom is -0.334 e. The maximum Gasteiger partial charge on any atom is 0.319 e. The molecular formula is C22H25N5O3S. The number of aromatic nitrogens is 2. The number of carbonyl (C=O) groups is 1. The molecular weight excluding hydrogens is 414 g/mol. The number of rotatable bonds is 8. The largest absolute Gasteiger partial charge is 0.334 e. The number of pyridine rings is 2. The van der Waals surface area contributed by atoms with Crippen molar-refractivity contribution in [3.05, 3.63) is 83.9 Å². The van der Waals surface area contributed by atoms with Gasteiger partial charge in [0, 0.05) is 37.9 Å². The Balaban J connectivity index is 1.58. The van der Waals surface area contributed by atoms with Gasteiger partial charge in [0.2, 0.25) is 10.0 Å². The van der Waals surface area contributed by atoms with Crippen molar-refractivity contribution in [1.29, 1.82) is 0 Å². The first kappa shape index (κ1) is 22.4. The lowest BCUT2D eigenvalue weighted by Crippen LogP contribution is -2.28. The Morgan fingerprint density at radius 3 is 2.42 bits per heavy atom. The van der Waals surface area contributed by atoms with Crippen LogP contribution in [0.1, 0.15) is 23.7 Å². The molecule has 9 heteroatoms. The van der Waals surface area contributed by atoms with Crippen molar-refractivity contribution in [3.63, 3.8) is 0 Å². The minimum atomic E-state index is -3.69. The average molecular weight is 440 g/mol. The number of sulfonamides is 1. The monoisotopic (exact) mass is 439 g/mol. The second kappa shape index (κ2) is 10.1. The topological polar surface area (TPSA) is 104 Å². The number of hydrogen-bond donors (Lipinski definition) is 2. The Hall–Kier alpha value is -3.30. The molecule has 2 N–H and O–H groups in total. The number of nitrogens with zero attached hydrogens (tertiary/aromatic N) is 3. The number of amides is 2. The lowest BCUT2D eigenvalue weighted by Gasteiger charge is -2.17. The molecule has 2 heterocycles. The van der Waals surface area contributed by atoms with Crippen LogP contribution < -0.4 is 10.6 Å². The van der Waals surface area contributed by atoms with Gasteiger partial charge in [0.15, 0.2) is 0 Å². The molecule has 0 saturated carbocycles. The molecule has 0 atom stereocenters. The molecule has 0 aliphatic heterocycles. The van der Waals surface area contributed by atoms with Crippen molar-refractivity contribution in [2.75, 3.05) is 12.4 Å². The van der Waals surface area contributed by atoms with Crippen LogP contribution >= 0.6 is 0 Å². The lowest BCUT2D eigenvalue weighted by molar-refractivity contribution is 0.251. The van der Waals surface area contributed by atoms with E-state index in [4.69, 9.17) is 0 Å². The molecule has 0 aliphatic rings. The standard InChI is InChI=1S/C22H25N5O3S/c1-3-17-6-7-20(24-14-17)16-27(2)31(29,30)21-10-8-19(9-11-21)26-22(28)25-15-18-5-4-12-23-13-18/h4-14H,3,15-16H2,1-2H3,(H2,25,26,28). The summed E-state index contributed by atoms with van der Waals surface area (Å²) in [5.74, 6) is 0. The number of urea groups is 1. The van der Waals surface area contributed by atoms with Gasteiger partial charge in [-0.05, 0) is 53.9 Å². The van der Waals surface area contributed by atoms with Gasteiger partial charge >= 0.3 is 6.03 Å². The number of anilines is 1. The summed E-state index contributed by atoms with van der Waals surface area (Å²) < 4.78 is 26.9. The number of benzene rings is 1. The first-order chi connectivity index (χ1) is 14.9. The molecule has 1 aromatic carbocycles. The third kappa shape index (κ3) is 6.09. The Labute approximate surface area is 182 Å². The highest BCUT2D eigenvalue weighted by Gasteiger charge is 2.21. The molecule has 2 aromatic heterocycles. The van der Waals surface area contributed by atoms with Gasteiger partial charge in [0.1, 0.15) is 0 Å². The SMILES string of the molecule is CCc1ccc(CN(C)S(=O)(=O)c2ccc(NC(=O)NCc3cccnc3)cc2)nc1. The molecule has 162 valence electrons. The highest BCUT2D eigenvalue weighted by atomic mass is 32.2. The third-order valence-electron chi connectivity index (χ3n) is 4.68. The zero-order valence-electron chi connectivity index (χ0n) is 17.4. The molecule has 2 amide bonds. The minimum absolute atomic E-state index is 0.140. The van der Waals surface area contributed by atoms with E-state index in [9.17, 15) is 13.2 Å². The van der Waals surface area contributed by atoms with Crippen LogP contribution in [-0.4, -0.2) is 35.8 Å². The van der Waals surface area contributed by atoms with Crippen molar-refractivity contribution >= 4 is 21.7 Å². The smallest absolute Gasteiger partial charge is 0.319 e. The molecule has 3 aromatic rings. The summed E-state index contributed by atoms with van der Waals surface area (Å²) >= 11 is 0. The Bertz CT molecular complexity index is 1100. The Kier molecular flexibility index (Phi) is 7.32. The molecule has 0 fully saturated rings. The average Bonchev–Trinajstić information content (AvgIpc) is 2.79. The highest BCUT2D eigenvalue weighted by Crippen LogP contribution is 2.19. The molecule has 0 saturated heterocycles. The van der Waals surface area contributed by atoms with E-state index in [1.165, 1.54) is 23.5 Å². The van der Waals surface area contributed by atoms with Crippen molar-refractivity contribution in [2.24, 2.45) is 0 Å². The van der Waals surface area contributed by atoms with Gasteiger partial charge in [-0.15, -0.1) is 0 Å². The first-order valence-electron chi connectivity index (χ1n) is 9.82. The fraction of sp³-hybridized carbons (Fsp3) is 0.227. The van der Waals surface area contributed by atoms with E-state index in [0.29, 0.717) is 17.9 Å². The van der Waals surface area contributed by atoms with Crippen molar-refractivity contribution in [3.8, 4) is 0 Å². The summed E-state index contributed by atoms with van der Waals surface area (Å²) in [7, 11) is -2.17. The van der Waals surface area contributed by atoms with Crippen LogP contribution in [0.25, 0.3) is 0 Å². The summed E-state index contributed by atoms with van der Waals surface area (Å²) in [4.78, 5) is 20.5. The highest BCUT2D eigenvalue weighted by molar-refractivity contribution is 7.89. The van der Waals surface area contributed by atoms with Gasteiger partial charge in [0.05, 0.1) is 17.1 Å². The van der Waals surface area contributed by atoms with E-state index in [-0.39, 0.29) is 11.4 Å². The third-order valence-corrected chi connectivity index (χ3v) is 6.49. The molecule has 0 aliphatic carbocycles. The van der Waals surface area contributed by atoms with Crippen LogP contribution in [0, 0.1) is 0 Å². The zero-order valence-corrected chi connectivity index (χ0v) is 18.3. The lowest BCUT2D eigenvalue weighted by atomic mass is 10.2. The number of hydrogen-bond acceptors (Lipinski definition) is 5. The quantitative estimate of drug-likeness (QED) is 0.561. The maximum absolute atomic E-state index is 12.8. The fourth-order valence-electron chi connectivity index (χ4n) is 2.82. The number of aryl methyl sites for hydroxylation is 1. The van der Waals surface area contributed by atoms with Crippen LogP contribution in [0.3, 0.4) is 0 Å². The summed E-state index contributed by atoms with van der Waals surface area (Å²) in [6.07, 6.45) is 5.97. The summed E-state index contributed by atoms with van der Waals surface area (Å²) in [5.41, 5.74) is 3.14. The molecule has 31 heavy (non-hydrogen) atoms. The van der Waals surface area contributed by atoms with E-state index in [1.807, 2.05) is 25.1 Å². The van der Waals surface area contributed by atoms with Crippen LogP contribution in [0.15, 0.2) is 72.0 Å². The Morgan fingerprint density at radius 2 is 1.81 bits per heavy atom. The van der Waals surface area contributed by atoms with E-state index in [0.717, 1.165) is 17.5 Å². The van der Waals surface area contributed by atoms with Crippen LogP contribution in [0.2, 0.25) is 0 Å². The number of carbonyl (C=O) groups excluding carboxylic acids is 1. The van der Waals surface area contributed by atoms with E-state index in [2.05, 4.69) is 20.6 Å². The normalized spacial score (nSPS) is 11.3. The zero-order chi connectivity index (χ0) is 22.3. The second-order valence-electron chi connectivity index (χ2n) is 6.97. The fourth-order valence-corrected chi connectivity index (χ4v) is 3.96. The van der Waals surface area contributed by atoms with Gasteiger partial charge in [-0.2, -0.15) is 4.31 Å². The maximum atomic E-state index is 12.8. The Morgan fingerprint density at radius 1 is 1.03 bits per heavy atom. The van der Waals surface area contributed by atoms with Crippen LogP contribution in [0.5, 0.6) is 0 Å². The van der Waals surface area contributed by atoms with E-state index >= 15 is 0 Å². The molecule has 0 radical (unpaired) electrons. The number of nitrogens with one attached hydrogen (secondary N) is 2. The van der Waals surface area contributed by atoms with Crippen molar-refractivity contribution in [1.82, 2.24) is 19.6 Å². The van der Waals surface area contributed by atoms with Gasteiger partial charge in [0.25, 0.3) is 0 Å². The van der Waals surface area contributed by atoms with E-state index in [1.54, 1.807) is 36.8 Å². The van der Waals surface area contributed by atoms with Crippen molar-refractivity contribution < 1.29 is 13.2 Å². The van der Waals surface area contributed by atoms with Gasteiger partial charge in [-0.25, -0.2) is 13.2 Å². The molecule has 3 rings (SSSR count). The summed E-state index contributed by atoms with van der Waals surface area (Å²) in [5, 5.41) is 5.40. The predicted molar refractivity (Wildman–Crippen MR) is 119 cm³/mol. The van der Waals surface area contributed by atoms with Gasteiger partial charge < -0.3 is 10.6 Å². The van der Waals surface area contributed by atoms with E-state index < -0.39 is 16.1 Å². The molecule has 0 spiro atoms. The summed E-state index contributed by atoms with van der Waals surface area (Å²) in [6.45, 7) is 2.55. The van der Waals surface area contributed by atoms with Crippen LogP contribution in [0.4, 0.5) is 10.5 Å². The van der Waals surface area contributed by atoms with Crippen LogP contribution in [-0.2, 0) is 29.5 Å².